The molecule has 150 valence electrons. The minimum absolute atomic E-state index is 0.163. The quantitative estimate of drug-likeness (QED) is 0.551. The van der Waals surface area contributed by atoms with Crippen molar-refractivity contribution in [2.24, 2.45) is 5.73 Å². The first-order valence-corrected chi connectivity index (χ1v) is 9.81. The molecule has 1 aromatic heterocycles. The second-order valence-corrected chi connectivity index (χ2v) is 6.92. The second-order valence-electron chi connectivity index (χ2n) is 6.92. The Balaban J connectivity index is 1.30. The van der Waals surface area contributed by atoms with Crippen LogP contribution in [0.1, 0.15) is 12.0 Å². The predicted octanol–water partition coefficient (Wildman–Crippen LogP) is -1.10. The van der Waals surface area contributed by atoms with E-state index in [1.807, 2.05) is 4.90 Å². The molecule has 0 bridgehead atoms. The van der Waals surface area contributed by atoms with Gasteiger partial charge in [0.2, 0.25) is 11.9 Å². The minimum Gasteiger partial charge on any atom is -0.380 e. The van der Waals surface area contributed by atoms with E-state index in [4.69, 9.17) is 10.5 Å². The van der Waals surface area contributed by atoms with Crippen LogP contribution in [-0.2, 0) is 16.1 Å². The summed E-state index contributed by atoms with van der Waals surface area (Å²) in [5.41, 5.74) is 6.49. The molecule has 0 atom stereocenters. The fraction of sp³-hybridized carbons (Fsp3) is 0.722. The van der Waals surface area contributed by atoms with Gasteiger partial charge in [0.15, 0.2) is 0 Å². The van der Waals surface area contributed by atoms with Gasteiger partial charge in [0.1, 0.15) is 0 Å². The molecule has 0 aliphatic carbocycles. The summed E-state index contributed by atoms with van der Waals surface area (Å²) in [5.74, 6) is 0.867. The van der Waals surface area contributed by atoms with E-state index in [1.165, 1.54) is 0 Å². The zero-order chi connectivity index (χ0) is 18.9. The molecule has 0 unspecified atom stereocenters. The number of nitrogens with one attached hydrogen (secondary N) is 1. The number of piperazine rings is 2. The van der Waals surface area contributed by atoms with Crippen LogP contribution in [0.5, 0.6) is 0 Å². The van der Waals surface area contributed by atoms with Gasteiger partial charge in [0.05, 0.1) is 19.6 Å². The third kappa shape index (κ3) is 6.10. The molecule has 0 saturated carbocycles. The molecule has 0 spiro atoms. The Morgan fingerprint density at radius 1 is 1.07 bits per heavy atom. The van der Waals surface area contributed by atoms with Crippen molar-refractivity contribution < 1.29 is 9.53 Å². The number of ether oxygens (including phenoxy) is 1. The lowest BCUT2D eigenvalue weighted by molar-refractivity contribution is -0.132. The number of carbonyl (C=O) groups excluding carboxylic acids is 1. The van der Waals surface area contributed by atoms with E-state index >= 15 is 0 Å². The maximum atomic E-state index is 12.4. The van der Waals surface area contributed by atoms with E-state index in [2.05, 4.69) is 25.1 Å². The summed E-state index contributed by atoms with van der Waals surface area (Å²) < 4.78 is 5.66. The van der Waals surface area contributed by atoms with Gasteiger partial charge in [0, 0.05) is 83.4 Å². The largest absolute Gasteiger partial charge is 0.380 e. The monoisotopic (exact) mass is 377 g/mol. The number of hydrogen-bond acceptors (Lipinski definition) is 8. The van der Waals surface area contributed by atoms with E-state index in [9.17, 15) is 4.79 Å². The minimum atomic E-state index is 0.163. The second kappa shape index (κ2) is 10.5. The lowest BCUT2D eigenvalue weighted by Crippen LogP contribution is -2.49. The van der Waals surface area contributed by atoms with E-state index in [1.54, 1.807) is 12.4 Å². The van der Waals surface area contributed by atoms with Crippen LogP contribution in [-0.4, -0.2) is 97.8 Å². The first kappa shape index (κ1) is 19.9. The van der Waals surface area contributed by atoms with Gasteiger partial charge in [-0.2, -0.15) is 0 Å². The molecule has 27 heavy (non-hydrogen) atoms. The molecule has 0 aromatic carbocycles. The number of carbonyl (C=O) groups is 1. The third-order valence-electron chi connectivity index (χ3n) is 5.06. The van der Waals surface area contributed by atoms with E-state index < -0.39 is 0 Å². The molecule has 2 aliphatic heterocycles. The topological polar surface area (TPSA) is 99.8 Å². The summed E-state index contributed by atoms with van der Waals surface area (Å²) in [5, 5.41) is 3.34. The zero-order valence-electron chi connectivity index (χ0n) is 16.0. The Kier molecular flexibility index (Phi) is 7.76. The summed E-state index contributed by atoms with van der Waals surface area (Å²) in [6.07, 6.45) is 3.97. The van der Waals surface area contributed by atoms with E-state index in [0.29, 0.717) is 45.2 Å². The smallest absolute Gasteiger partial charge is 0.225 e. The molecule has 1 amide bonds. The highest BCUT2D eigenvalue weighted by atomic mass is 16.5. The maximum Gasteiger partial charge on any atom is 0.225 e. The summed E-state index contributed by atoms with van der Waals surface area (Å²) in [6, 6.07) is 0. The van der Waals surface area contributed by atoms with Crippen LogP contribution >= 0.6 is 0 Å². The average Bonchev–Trinajstić information content (AvgIpc) is 2.74. The van der Waals surface area contributed by atoms with Crippen LogP contribution in [0.15, 0.2) is 12.4 Å². The van der Waals surface area contributed by atoms with E-state index in [-0.39, 0.29) is 5.91 Å². The molecule has 2 fully saturated rings. The number of hydrogen-bond donors (Lipinski definition) is 2. The lowest BCUT2D eigenvalue weighted by atomic mass is 10.3. The Morgan fingerprint density at radius 3 is 2.44 bits per heavy atom. The fourth-order valence-corrected chi connectivity index (χ4v) is 3.32. The highest BCUT2D eigenvalue weighted by Gasteiger charge is 2.22. The number of amides is 1. The SMILES string of the molecule is NCc1cnc(N2CCN(C(=O)CCOCCN3CCNCC3)CC2)nc1. The normalized spacial score (nSPS) is 18.7. The Bertz CT molecular complexity index is 570. The molecular formula is C18H31N7O2. The van der Waals surface area contributed by atoms with Gasteiger partial charge in [-0.25, -0.2) is 9.97 Å². The number of nitrogens with two attached hydrogens (primary N) is 1. The van der Waals surface area contributed by atoms with Crippen molar-refractivity contribution in [1.82, 2.24) is 25.1 Å². The first-order valence-electron chi connectivity index (χ1n) is 9.81. The Hall–Kier alpha value is -1.81. The molecule has 2 aliphatic rings. The van der Waals surface area contributed by atoms with Crippen molar-refractivity contribution in [3.8, 4) is 0 Å². The number of anilines is 1. The highest BCUT2D eigenvalue weighted by Crippen LogP contribution is 2.11. The number of rotatable bonds is 8. The molecule has 3 N–H and O–H groups in total. The average molecular weight is 377 g/mol. The van der Waals surface area contributed by atoms with Gasteiger partial charge in [-0.15, -0.1) is 0 Å². The van der Waals surface area contributed by atoms with Crippen molar-refractivity contribution in [3.63, 3.8) is 0 Å². The summed E-state index contributed by atoms with van der Waals surface area (Å²) in [4.78, 5) is 27.5. The maximum absolute atomic E-state index is 12.4. The zero-order valence-corrected chi connectivity index (χ0v) is 16.0. The van der Waals surface area contributed by atoms with Crippen LogP contribution in [0.3, 0.4) is 0 Å². The van der Waals surface area contributed by atoms with Crippen LogP contribution in [0.25, 0.3) is 0 Å². The van der Waals surface area contributed by atoms with Crippen molar-refractivity contribution in [2.75, 3.05) is 77.0 Å². The Labute approximate surface area is 160 Å². The van der Waals surface area contributed by atoms with Crippen LogP contribution in [0.2, 0.25) is 0 Å². The van der Waals surface area contributed by atoms with Gasteiger partial charge in [-0.05, 0) is 0 Å². The van der Waals surface area contributed by atoms with Crippen LogP contribution in [0.4, 0.5) is 5.95 Å². The van der Waals surface area contributed by atoms with Crippen molar-refractivity contribution in [1.29, 1.82) is 0 Å². The van der Waals surface area contributed by atoms with Gasteiger partial charge >= 0.3 is 0 Å². The Morgan fingerprint density at radius 2 is 1.78 bits per heavy atom. The lowest BCUT2D eigenvalue weighted by Gasteiger charge is -2.34. The van der Waals surface area contributed by atoms with Crippen molar-refractivity contribution >= 4 is 11.9 Å². The summed E-state index contributed by atoms with van der Waals surface area (Å²) >= 11 is 0. The van der Waals surface area contributed by atoms with Gasteiger partial charge in [0.25, 0.3) is 0 Å². The fourth-order valence-electron chi connectivity index (χ4n) is 3.32. The molecule has 9 heteroatoms. The molecule has 1 aromatic rings. The van der Waals surface area contributed by atoms with Crippen molar-refractivity contribution in [3.05, 3.63) is 18.0 Å². The number of aromatic nitrogens is 2. The highest BCUT2D eigenvalue weighted by molar-refractivity contribution is 5.76. The molecule has 2 saturated heterocycles. The van der Waals surface area contributed by atoms with Crippen LogP contribution < -0.4 is 16.0 Å². The van der Waals surface area contributed by atoms with Crippen molar-refractivity contribution in [2.45, 2.75) is 13.0 Å². The third-order valence-corrected chi connectivity index (χ3v) is 5.06. The summed E-state index contributed by atoms with van der Waals surface area (Å²) in [6.45, 7) is 9.71. The van der Waals surface area contributed by atoms with E-state index in [0.717, 1.165) is 51.4 Å². The molecular weight excluding hydrogens is 346 g/mol. The standard InChI is InChI=1S/C18H31N7O2/c19-13-16-14-21-18(22-15-16)25-8-6-24(7-9-25)17(26)1-11-27-12-10-23-4-2-20-3-5-23/h14-15,20H,1-13,19H2. The van der Waals surface area contributed by atoms with Crippen LogP contribution in [0, 0.1) is 0 Å². The molecule has 9 nitrogen and oxygen atoms in total. The van der Waals surface area contributed by atoms with Gasteiger partial charge in [-0.1, -0.05) is 0 Å². The van der Waals surface area contributed by atoms with Gasteiger partial charge in [-0.3, -0.25) is 9.69 Å². The molecule has 0 radical (unpaired) electrons. The number of nitrogens with zero attached hydrogens (tertiary/aromatic N) is 5. The summed E-state index contributed by atoms with van der Waals surface area (Å²) in [7, 11) is 0. The molecule has 3 rings (SSSR count). The first-order chi connectivity index (χ1) is 13.3. The molecule has 3 heterocycles. The van der Waals surface area contributed by atoms with Gasteiger partial charge < -0.3 is 25.6 Å². The predicted molar refractivity (Wildman–Crippen MR) is 103 cm³/mol.